The van der Waals surface area contributed by atoms with Crippen molar-refractivity contribution < 1.29 is 23.0 Å². The third-order valence-corrected chi connectivity index (χ3v) is 3.15. The molecule has 20 heavy (non-hydrogen) atoms. The average Bonchev–Trinajstić information content (AvgIpc) is 3.17. The molecular weight excluding hydrogens is 271 g/mol. The fraction of sp³-hybridized carbons (Fsp3) is 0.571. The van der Waals surface area contributed by atoms with E-state index < -0.39 is 18.9 Å². The lowest BCUT2D eigenvalue weighted by atomic mass is 10.1. The Kier molecular flexibility index (Phi) is 4.55. The van der Waals surface area contributed by atoms with Crippen LogP contribution in [0, 0.1) is 6.92 Å². The number of halogens is 3. The van der Waals surface area contributed by atoms with Crippen molar-refractivity contribution in [3.05, 3.63) is 29.3 Å². The van der Waals surface area contributed by atoms with Crippen molar-refractivity contribution in [1.82, 2.24) is 5.32 Å². The fourth-order valence-corrected chi connectivity index (χ4v) is 1.79. The van der Waals surface area contributed by atoms with Crippen molar-refractivity contribution in [3.8, 4) is 5.75 Å². The predicted octanol–water partition coefficient (Wildman–Crippen LogP) is 2.55. The molecule has 2 rings (SSSR count). The molecule has 1 atom stereocenters. The van der Waals surface area contributed by atoms with Crippen LogP contribution in [0.15, 0.2) is 18.2 Å². The van der Waals surface area contributed by atoms with Crippen LogP contribution in [0.4, 0.5) is 13.2 Å². The Morgan fingerprint density at radius 1 is 1.40 bits per heavy atom. The number of benzene rings is 1. The number of nitrogens with one attached hydrogen (secondary N) is 1. The first-order valence-electron chi connectivity index (χ1n) is 6.57. The fourth-order valence-electron chi connectivity index (χ4n) is 1.79. The van der Waals surface area contributed by atoms with Gasteiger partial charge in [0.15, 0.2) is 6.10 Å². The number of aliphatic hydroxyl groups is 1. The highest BCUT2D eigenvalue weighted by atomic mass is 19.4. The van der Waals surface area contributed by atoms with Crippen LogP contribution in [0.3, 0.4) is 0 Å². The highest BCUT2D eigenvalue weighted by Crippen LogP contribution is 2.25. The molecule has 0 saturated heterocycles. The minimum absolute atomic E-state index is 0.382. The molecule has 1 fully saturated rings. The highest BCUT2D eigenvalue weighted by Gasteiger charge is 2.38. The third-order valence-electron chi connectivity index (χ3n) is 3.15. The zero-order valence-electron chi connectivity index (χ0n) is 11.2. The predicted molar refractivity (Wildman–Crippen MR) is 68.6 cm³/mol. The quantitative estimate of drug-likeness (QED) is 0.845. The second-order valence-electron chi connectivity index (χ2n) is 5.13. The number of alkyl halides is 3. The molecule has 1 aliphatic rings. The summed E-state index contributed by atoms with van der Waals surface area (Å²) < 4.78 is 41.8. The van der Waals surface area contributed by atoms with Gasteiger partial charge in [-0.3, -0.25) is 0 Å². The molecule has 112 valence electrons. The maximum absolute atomic E-state index is 12.2. The van der Waals surface area contributed by atoms with Crippen LogP contribution in [0.1, 0.15) is 24.0 Å². The number of aliphatic hydroxyl groups excluding tert-OH is 1. The van der Waals surface area contributed by atoms with Gasteiger partial charge in [0.25, 0.3) is 0 Å². The molecule has 0 amide bonds. The van der Waals surface area contributed by atoms with Gasteiger partial charge in [-0.15, -0.1) is 0 Å². The number of hydrogen-bond donors (Lipinski definition) is 2. The van der Waals surface area contributed by atoms with E-state index >= 15 is 0 Å². The average molecular weight is 289 g/mol. The minimum atomic E-state index is -4.66. The number of hydrogen-bond acceptors (Lipinski definition) is 3. The van der Waals surface area contributed by atoms with Gasteiger partial charge >= 0.3 is 6.18 Å². The Morgan fingerprint density at radius 2 is 2.10 bits per heavy atom. The summed E-state index contributed by atoms with van der Waals surface area (Å²) in [5.41, 5.74) is 1.83. The Morgan fingerprint density at radius 3 is 2.70 bits per heavy atom. The normalized spacial score (nSPS) is 17.1. The van der Waals surface area contributed by atoms with Crippen molar-refractivity contribution in [2.75, 3.05) is 6.61 Å². The molecule has 0 aromatic heterocycles. The maximum atomic E-state index is 12.2. The summed E-state index contributed by atoms with van der Waals surface area (Å²) >= 11 is 0. The molecular formula is C14H18F3NO2. The molecule has 0 spiro atoms. The van der Waals surface area contributed by atoms with Crippen LogP contribution in [-0.4, -0.2) is 30.0 Å². The first-order valence-corrected chi connectivity index (χ1v) is 6.57. The minimum Gasteiger partial charge on any atom is -0.490 e. The van der Waals surface area contributed by atoms with Crippen LogP contribution in [0.25, 0.3) is 0 Å². The van der Waals surface area contributed by atoms with Crippen molar-refractivity contribution in [2.24, 2.45) is 0 Å². The zero-order chi connectivity index (χ0) is 14.8. The summed E-state index contributed by atoms with van der Waals surface area (Å²) in [5.74, 6) is 0.382. The Labute approximate surface area is 115 Å². The first kappa shape index (κ1) is 15.1. The van der Waals surface area contributed by atoms with Gasteiger partial charge in [-0.1, -0.05) is 17.7 Å². The Bertz CT molecular complexity index is 458. The van der Waals surface area contributed by atoms with E-state index in [1.54, 1.807) is 12.1 Å². The summed E-state index contributed by atoms with van der Waals surface area (Å²) in [6.07, 6.45) is -4.85. The lowest BCUT2D eigenvalue weighted by Gasteiger charge is -2.17. The second kappa shape index (κ2) is 6.01. The van der Waals surface area contributed by atoms with Crippen LogP contribution in [0.5, 0.6) is 5.75 Å². The van der Waals surface area contributed by atoms with Gasteiger partial charge in [-0.05, 0) is 25.8 Å². The van der Waals surface area contributed by atoms with Crippen LogP contribution in [-0.2, 0) is 6.54 Å². The Balaban J connectivity index is 1.98. The first-order chi connectivity index (χ1) is 9.36. The van der Waals surface area contributed by atoms with E-state index in [4.69, 9.17) is 9.84 Å². The second-order valence-corrected chi connectivity index (χ2v) is 5.13. The van der Waals surface area contributed by atoms with Crippen molar-refractivity contribution in [1.29, 1.82) is 0 Å². The van der Waals surface area contributed by atoms with Gasteiger partial charge < -0.3 is 15.2 Å². The van der Waals surface area contributed by atoms with Crippen LogP contribution >= 0.6 is 0 Å². The third kappa shape index (κ3) is 4.38. The lowest BCUT2D eigenvalue weighted by Crippen LogP contribution is -2.34. The standard InChI is InChI=1S/C14H18F3NO2/c1-9-2-5-12(20-8-13(19)14(15,16)17)10(6-9)7-18-11-3-4-11/h2,5-6,11,13,18-19H,3-4,7-8H2,1H3. The van der Waals surface area contributed by atoms with Crippen molar-refractivity contribution in [2.45, 2.75) is 44.6 Å². The van der Waals surface area contributed by atoms with Crippen LogP contribution in [0.2, 0.25) is 0 Å². The molecule has 0 bridgehead atoms. The van der Waals surface area contributed by atoms with E-state index in [0.717, 1.165) is 24.0 Å². The van der Waals surface area contributed by atoms with E-state index in [1.165, 1.54) is 0 Å². The van der Waals surface area contributed by atoms with Gasteiger partial charge in [0.2, 0.25) is 0 Å². The molecule has 3 nitrogen and oxygen atoms in total. The van der Waals surface area contributed by atoms with Gasteiger partial charge in [-0.25, -0.2) is 0 Å². The van der Waals surface area contributed by atoms with E-state index in [-0.39, 0.29) is 0 Å². The molecule has 2 N–H and O–H groups in total. The van der Waals surface area contributed by atoms with E-state index in [2.05, 4.69) is 5.32 Å². The SMILES string of the molecule is Cc1ccc(OCC(O)C(F)(F)F)c(CNC2CC2)c1. The molecule has 0 aliphatic heterocycles. The maximum Gasteiger partial charge on any atom is 0.417 e. The van der Waals surface area contributed by atoms with Gasteiger partial charge in [-0.2, -0.15) is 13.2 Å². The van der Waals surface area contributed by atoms with Crippen molar-refractivity contribution in [3.63, 3.8) is 0 Å². The number of ether oxygens (including phenoxy) is 1. The van der Waals surface area contributed by atoms with Gasteiger partial charge in [0, 0.05) is 18.2 Å². The summed E-state index contributed by atoms with van der Waals surface area (Å²) in [7, 11) is 0. The summed E-state index contributed by atoms with van der Waals surface area (Å²) in [6, 6.07) is 5.80. The highest BCUT2D eigenvalue weighted by molar-refractivity contribution is 5.37. The van der Waals surface area contributed by atoms with E-state index in [9.17, 15) is 13.2 Å². The molecule has 1 saturated carbocycles. The van der Waals surface area contributed by atoms with Gasteiger partial charge in [0.05, 0.1) is 0 Å². The number of rotatable bonds is 6. The topological polar surface area (TPSA) is 41.5 Å². The summed E-state index contributed by atoms with van der Waals surface area (Å²) in [5, 5.41) is 12.2. The van der Waals surface area contributed by atoms with Crippen LogP contribution < -0.4 is 10.1 Å². The Hall–Kier alpha value is -1.27. The van der Waals surface area contributed by atoms with E-state index in [0.29, 0.717) is 18.3 Å². The van der Waals surface area contributed by atoms with Gasteiger partial charge in [0.1, 0.15) is 12.4 Å². The summed E-state index contributed by atoms with van der Waals surface area (Å²) in [4.78, 5) is 0. The molecule has 1 aliphatic carbocycles. The number of aryl methyl sites for hydroxylation is 1. The molecule has 6 heteroatoms. The zero-order valence-corrected chi connectivity index (χ0v) is 11.2. The van der Waals surface area contributed by atoms with Crippen molar-refractivity contribution >= 4 is 0 Å². The molecule has 0 heterocycles. The smallest absolute Gasteiger partial charge is 0.417 e. The monoisotopic (exact) mass is 289 g/mol. The summed E-state index contributed by atoms with van der Waals surface area (Å²) in [6.45, 7) is 1.68. The molecule has 1 unspecified atom stereocenters. The molecule has 0 radical (unpaired) electrons. The molecule has 1 aromatic rings. The molecule has 1 aromatic carbocycles. The largest absolute Gasteiger partial charge is 0.490 e. The lowest BCUT2D eigenvalue weighted by molar-refractivity contribution is -0.210. The van der Waals surface area contributed by atoms with E-state index in [1.807, 2.05) is 13.0 Å².